The van der Waals surface area contributed by atoms with E-state index in [1.54, 1.807) is 25.1 Å². The molecule has 1 aliphatic rings. The van der Waals surface area contributed by atoms with Crippen molar-refractivity contribution in [2.45, 2.75) is 31.7 Å². The van der Waals surface area contributed by atoms with E-state index < -0.39 is 29.2 Å². The number of imide groups is 1. The van der Waals surface area contributed by atoms with Crippen LogP contribution in [0.1, 0.15) is 57.3 Å². The number of rotatable bonds is 5. The predicted molar refractivity (Wildman–Crippen MR) is 114 cm³/mol. The van der Waals surface area contributed by atoms with Gasteiger partial charge in [0, 0.05) is 29.0 Å². The highest BCUT2D eigenvalue weighted by atomic mass is 35.5. The maximum atomic E-state index is 12.9. The van der Waals surface area contributed by atoms with Gasteiger partial charge in [-0.2, -0.15) is 0 Å². The summed E-state index contributed by atoms with van der Waals surface area (Å²) in [5, 5.41) is 8.00. The second kappa shape index (κ2) is 9.09. The number of aldehydes is 1. The van der Waals surface area contributed by atoms with Gasteiger partial charge in [0.05, 0.1) is 16.8 Å². The Kier molecular flexibility index (Phi) is 6.50. The molecule has 4 amide bonds. The lowest BCUT2D eigenvalue weighted by Gasteiger charge is -2.28. The number of hydrogen-bond acceptors (Lipinski definition) is 5. The van der Waals surface area contributed by atoms with Crippen LogP contribution in [0.25, 0.3) is 0 Å². The molecule has 1 saturated heterocycles. The molecule has 8 nitrogen and oxygen atoms in total. The summed E-state index contributed by atoms with van der Waals surface area (Å²) in [6.45, 7) is 1.66. The van der Waals surface area contributed by atoms with Crippen LogP contribution in [0.2, 0.25) is 5.02 Å². The van der Waals surface area contributed by atoms with Crippen LogP contribution in [0, 0.1) is 0 Å². The van der Waals surface area contributed by atoms with Crippen LogP contribution in [0.4, 0.5) is 5.69 Å². The lowest BCUT2D eigenvalue weighted by atomic mass is 9.91. The highest BCUT2D eigenvalue weighted by Gasteiger charge is 2.34. The molecule has 9 heteroatoms. The molecule has 0 radical (unpaired) electrons. The van der Waals surface area contributed by atoms with Crippen molar-refractivity contribution in [1.82, 2.24) is 10.6 Å². The third-order valence-electron chi connectivity index (χ3n) is 4.95. The Hall–Kier alpha value is -3.52. The fourth-order valence-corrected chi connectivity index (χ4v) is 3.56. The highest BCUT2D eigenvalue weighted by Crippen LogP contribution is 2.24. The highest BCUT2D eigenvalue weighted by molar-refractivity contribution is 6.31. The van der Waals surface area contributed by atoms with Crippen molar-refractivity contribution < 1.29 is 24.0 Å². The predicted octanol–water partition coefficient (Wildman–Crippen LogP) is 2.72. The molecule has 0 aromatic heterocycles. The Balaban J connectivity index is 1.84. The van der Waals surface area contributed by atoms with E-state index in [0.29, 0.717) is 16.9 Å². The second-order valence-electron chi connectivity index (χ2n) is 7.51. The van der Waals surface area contributed by atoms with E-state index in [1.165, 1.54) is 24.3 Å². The van der Waals surface area contributed by atoms with Gasteiger partial charge in [0.2, 0.25) is 11.8 Å². The Morgan fingerprint density at radius 3 is 2.55 bits per heavy atom. The topological polar surface area (TPSA) is 121 Å². The largest absolute Gasteiger partial charge is 0.346 e. The lowest BCUT2D eigenvalue weighted by molar-refractivity contribution is -0.129. The number of nitrogens with one attached hydrogen (secondary N) is 3. The zero-order valence-corrected chi connectivity index (χ0v) is 17.4. The number of anilines is 1. The quantitative estimate of drug-likeness (QED) is 0.486. The third-order valence-corrected chi connectivity index (χ3v) is 5.19. The van der Waals surface area contributed by atoms with Crippen molar-refractivity contribution in [2.75, 3.05) is 5.32 Å². The Bertz CT molecular complexity index is 1080. The molecule has 2 aromatic carbocycles. The molecule has 160 valence electrons. The summed E-state index contributed by atoms with van der Waals surface area (Å²) in [7, 11) is 0. The SMILES string of the molecule is CC1(NC(=O)c2cccc(NC(=O)c3cccc(Cl)c3)c2C=O)CCC(=O)NC(=O)C1. The van der Waals surface area contributed by atoms with E-state index in [1.807, 2.05) is 0 Å². The standard InChI is InChI=1S/C22H20ClN3O5/c1-22(9-8-18(28)25-19(29)11-22)26-21(31)15-6-3-7-17(16(15)12-27)24-20(30)13-4-2-5-14(23)10-13/h2-7,10,12H,8-9,11H2,1H3,(H,24,30)(H,26,31)(H,25,28,29). The molecule has 2 aromatic rings. The summed E-state index contributed by atoms with van der Waals surface area (Å²) >= 11 is 5.92. The Morgan fingerprint density at radius 2 is 1.84 bits per heavy atom. The van der Waals surface area contributed by atoms with Crippen LogP contribution in [0.5, 0.6) is 0 Å². The average molecular weight is 442 g/mol. The number of halogens is 1. The maximum absolute atomic E-state index is 12.9. The molecule has 3 rings (SSSR count). The molecule has 1 fully saturated rings. The monoisotopic (exact) mass is 441 g/mol. The van der Waals surface area contributed by atoms with Crippen molar-refractivity contribution in [3.8, 4) is 0 Å². The first kappa shape index (κ1) is 22.2. The van der Waals surface area contributed by atoms with E-state index in [0.717, 1.165) is 0 Å². The second-order valence-corrected chi connectivity index (χ2v) is 7.95. The normalized spacial score (nSPS) is 18.5. The van der Waals surface area contributed by atoms with Gasteiger partial charge in [-0.1, -0.05) is 23.7 Å². The zero-order chi connectivity index (χ0) is 22.6. The summed E-state index contributed by atoms with van der Waals surface area (Å²) in [5.74, 6) is -1.97. The smallest absolute Gasteiger partial charge is 0.255 e. The fourth-order valence-electron chi connectivity index (χ4n) is 3.37. The molecule has 1 heterocycles. The summed E-state index contributed by atoms with van der Waals surface area (Å²) in [5.41, 5.74) is -0.482. The summed E-state index contributed by atoms with van der Waals surface area (Å²) in [6, 6.07) is 10.8. The molecular formula is C22H20ClN3O5. The molecule has 1 aliphatic heterocycles. The van der Waals surface area contributed by atoms with E-state index >= 15 is 0 Å². The number of amides is 4. The number of carbonyl (C=O) groups is 5. The van der Waals surface area contributed by atoms with Crippen molar-refractivity contribution >= 4 is 47.2 Å². The average Bonchev–Trinajstić information content (AvgIpc) is 2.84. The van der Waals surface area contributed by atoms with E-state index in [4.69, 9.17) is 11.6 Å². The van der Waals surface area contributed by atoms with Crippen LogP contribution >= 0.6 is 11.6 Å². The Morgan fingerprint density at radius 1 is 1.10 bits per heavy atom. The van der Waals surface area contributed by atoms with Gasteiger partial charge in [-0.3, -0.25) is 29.3 Å². The molecule has 0 saturated carbocycles. The number of benzene rings is 2. The molecule has 0 aliphatic carbocycles. The molecule has 1 atom stereocenters. The van der Waals surface area contributed by atoms with Gasteiger partial charge in [-0.25, -0.2) is 0 Å². The number of hydrogen-bond donors (Lipinski definition) is 3. The summed E-state index contributed by atoms with van der Waals surface area (Å²) < 4.78 is 0. The van der Waals surface area contributed by atoms with Crippen LogP contribution in [0.3, 0.4) is 0 Å². The van der Waals surface area contributed by atoms with Crippen LogP contribution in [-0.4, -0.2) is 35.5 Å². The van der Waals surface area contributed by atoms with E-state index in [-0.39, 0.29) is 36.1 Å². The fraction of sp³-hybridized carbons (Fsp3) is 0.227. The third kappa shape index (κ3) is 5.35. The van der Waals surface area contributed by atoms with Gasteiger partial charge in [0.15, 0.2) is 6.29 Å². The van der Waals surface area contributed by atoms with E-state index in [9.17, 15) is 24.0 Å². The summed E-state index contributed by atoms with van der Waals surface area (Å²) in [6.07, 6.45) is 0.747. The molecule has 0 spiro atoms. The van der Waals surface area contributed by atoms with Gasteiger partial charge in [0.1, 0.15) is 0 Å². The molecule has 0 bridgehead atoms. The summed E-state index contributed by atoms with van der Waals surface area (Å²) in [4.78, 5) is 60.7. The lowest BCUT2D eigenvalue weighted by Crippen LogP contribution is -2.47. The Labute approximate surface area is 183 Å². The van der Waals surface area contributed by atoms with Crippen molar-refractivity contribution in [1.29, 1.82) is 0 Å². The van der Waals surface area contributed by atoms with Gasteiger partial charge in [-0.15, -0.1) is 0 Å². The molecule has 3 N–H and O–H groups in total. The van der Waals surface area contributed by atoms with Crippen LogP contribution in [0.15, 0.2) is 42.5 Å². The van der Waals surface area contributed by atoms with Crippen molar-refractivity contribution in [3.05, 3.63) is 64.2 Å². The number of carbonyl (C=O) groups excluding carboxylic acids is 5. The zero-order valence-electron chi connectivity index (χ0n) is 16.7. The maximum Gasteiger partial charge on any atom is 0.255 e. The molecule has 31 heavy (non-hydrogen) atoms. The van der Waals surface area contributed by atoms with Crippen molar-refractivity contribution in [3.63, 3.8) is 0 Å². The van der Waals surface area contributed by atoms with Gasteiger partial charge in [-0.05, 0) is 43.7 Å². The van der Waals surface area contributed by atoms with Crippen LogP contribution < -0.4 is 16.0 Å². The minimum Gasteiger partial charge on any atom is -0.346 e. The van der Waals surface area contributed by atoms with Crippen LogP contribution in [-0.2, 0) is 9.59 Å². The molecule has 1 unspecified atom stereocenters. The van der Waals surface area contributed by atoms with E-state index in [2.05, 4.69) is 16.0 Å². The van der Waals surface area contributed by atoms with Gasteiger partial charge in [0.25, 0.3) is 11.8 Å². The van der Waals surface area contributed by atoms with Crippen molar-refractivity contribution in [2.24, 2.45) is 0 Å². The van der Waals surface area contributed by atoms with Gasteiger partial charge >= 0.3 is 0 Å². The minimum absolute atomic E-state index is 0.00636. The first-order valence-electron chi connectivity index (χ1n) is 9.51. The first-order chi connectivity index (χ1) is 14.7. The molecular weight excluding hydrogens is 422 g/mol. The minimum atomic E-state index is -0.965. The van der Waals surface area contributed by atoms with Gasteiger partial charge < -0.3 is 10.6 Å². The first-order valence-corrected chi connectivity index (χ1v) is 9.89.